The first-order chi connectivity index (χ1) is 22.2. The van der Waals surface area contributed by atoms with E-state index in [1.54, 1.807) is 0 Å². The minimum atomic E-state index is -5.24. The number of fused-ring (bicyclic) bond motifs is 2. The van der Waals surface area contributed by atoms with Crippen molar-refractivity contribution >= 4 is 49.7 Å². The van der Waals surface area contributed by atoms with E-state index >= 15 is 4.39 Å². The molecule has 4 aromatic rings. The van der Waals surface area contributed by atoms with Gasteiger partial charge in [-0.2, -0.15) is 4.98 Å². The minimum absolute atomic E-state index is 0.00334. The van der Waals surface area contributed by atoms with Crippen LogP contribution in [-0.2, 0) is 36.9 Å². The summed E-state index contributed by atoms with van der Waals surface area (Å²) in [6, 6.07) is 0. The molecular formula is C21H27FN10O13P2. The molecule has 47 heavy (non-hydrogen) atoms. The highest BCUT2D eigenvalue weighted by Crippen LogP contribution is 2.51. The summed E-state index contributed by atoms with van der Waals surface area (Å²) in [6.45, 7) is -1.79. The van der Waals surface area contributed by atoms with E-state index in [-0.39, 0.29) is 34.1 Å². The van der Waals surface area contributed by atoms with Crippen LogP contribution in [0, 0.1) is 0 Å². The van der Waals surface area contributed by atoms with Gasteiger partial charge in [-0.25, -0.2) is 33.5 Å². The number of aromatic amines is 1. The molecule has 0 bridgehead atoms. The Morgan fingerprint density at radius 1 is 0.957 bits per heavy atom. The maximum Gasteiger partial charge on any atom is 0.472 e. The summed E-state index contributed by atoms with van der Waals surface area (Å²) in [7, 11) is -9.09. The van der Waals surface area contributed by atoms with Crippen molar-refractivity contribution in [1.82, 2.24) is 39.0 Å². The summed E-state index contributed by atoms with van der Waals surface area (Å²) >= 11 is 0. The Kier molecular flexibility index (Phi) is 8.88. The van der Waals surface area contributed by atoms with E-state index in [4.69, 9.17) is 34.7 Å². The molecule has 2 aliphatic heterocycles. The molecular weight excluding hydrogens is 681 g/mol. The van der Waals surface area contributed by atoms with Gasteiger partial charge in [0, 0.05) is 7.11 Å². The minimum Gasteiger partial charge on any atom is -0.387 e. The Balaban J connectivity index is 1.19. The Hall–Kier alpha value is -3.51. The smallest absolute Gasteiger partial charge is 0.387 e. The van der Waals surface area contributed by atoms with Crippen LogP contribution in [0.25, 0.3) is 22.3 Å². The fraction of sp³-hybridized carbons (Fsp3) is 0.524. The SMILES string of the molecule is CO[C@@H]1[C@H](O)[C@@H](COP(=O)(O)O[C@H]2[C@@H](F)[C@H](n3cnc4c(N)ncnc43)O[C@@H]2COP(=O)(O)O)O[C@H]1n1cnc2c(=O)[nH]c(N)nc21. The van der Waals surface area contributed by atoms with E-state index in [1.807, 2.05) is 0 Å². The van der Waals surface area contributed by atoms with Crippen LogP contribution >= 0.6 is 15.6 Å². The lowest BCUT2D eigenvalue weighted by Gasteiger charge is -2.23. The lowest BCUT2D eigenvalue weighted by atomic mass is 10.1. The molecule has 2 aliphatic rings. The Bertz CT molecular complexity index is 1940. The Morgan fingerprint density at radius 2 is 1.62 bits per heavy atom. The fourth-order valence-electron chi connectivity index (χ4n) is 5.22. The number of halogens is 1. The number of phosphoric ester groups is 2. The second-order valence-corrected chi connectivity index (χ2v) is 12.9. The third kappa shape index (κ3) is 6.50. The number of aliphatic hydroxyl groups is 1. The number of aliphatic hydroxyl groups excluding tert-OH is 1. The van der Waals surface area contributed by atoms with E-state index in [2.05, 4.69) is 34.4 Å². The van der Waals surface area contributed by atoms with Gasteiger partial charge < -0.3 is 45.5 Å². The summed E-state index contributed by atoms with van der Waals surface area (Å²) < 4.78 is 74.0. The number of nitrogen functional groups attached to an aromatic ring is 2. The number of hydrogen-bond acceptors (Lipinski definition) is 17. The molecule has 26 heteroatoms. The monoisotopic (exact) mass is 708 g/mol. The standard InChI is InChI=1S/C21H27FN10O13P2/c1-40-14-12(33)7(43-20(14)32-6-28-11-17(32)29-21(24)30-18(11)34)2-42-47(38,39)45-13-8(3-41-46(35,36)37)44-19(9(13)22)31-5-27-10-15(23)25-4-26-16(10)31/h4-9,12-14,19-20,33H,2-3H2,1H3,(H,38,39)(H2,23,25,26)(H2,35,36,37)(H3,24,29,30,34)/t7-,8-,9-,12-,13-,14-,19-,20-/m1/s1. The third-order valence-corrected chi connectivity index (χ3v) is 8.77. The number of nitrogens with two attached hydrogens (primary N) is 2. The molecule has 0 amide bonds. The highest BCUT2D eigenvalue weighted by molar-refractivity contribution is 7.47. The molecule has 1 unspecified atom stereocenters. The molecule has 9 N–H and O–H groups in total. The van der Waals surface area contributed by atoms with Crippen LogP contribution in [0.15, 0.2) is 23.8 Å². The summed E-state index contributed by atoms with van der Waals surface area (Å²) in [5.41, 5.74) is 10.8. The fourth-order valence-corrected chi connectivity index (χ4v) is 6.52. The molecule has 4 aromatic heterocycles. The van der Waals surface area contributed by atoms with Gasteiger partial charge in [0.15, 0.2) is 41.3 Å². The first-order valence-electron chi connectivity index (χ1n) is 13.3. The number of methoxy groups -OCH3 is 1. The van der Waals surface area contributed by atoms with E-state index in [0.29, 0.717) is 0 Å². The molecule has 6 rings (SSSR count). The number of nitrogens with one attached hydrogen (secondary N) is 1. The summed E-state index contributed by atoms with van der Waals surface area (Å²) in [5.74, 6) is -0.253. The lowest BCUT2D eigenvalue weighted by molar-refractivity contribution is -0.0622. The van der Waals surface area contributed by atoms with Gasteiger partial charge in [0.1, 0.15) is 42.4 Å². The summed E-state index contributed by atoms with van der Waals surface area (Å²) in [6.07, 6.45) is -9.35. The van der Waals surface area contributed by atoms with E-state index in [0.717, 1.165) is 17.2 Å². The molecule has 2 saturated heterocycles. The average molecular weight is 708 g/mol. The largest absolute Gasteiger partial charge is 0.472 e. The third-order valence-electron chi connectivity index (χ3n) is 7.30. The topological polar surface area (TPSA) is 330 Å². The van der Waals surface area contributed by atoms with Gasteiger partial charge in [0.2, 0.25) is 5.95 Å². The van der Waals surface area contributed by atoms with Crippen LogP contribution in [0.2, 0.25) is 0 Å². The van der Waals surface area contributed by atoms with Gasteiger partial charge in [-0.05, 0) is 0 Å². The number of anilines is 2. The lowest BCUT2D eigenvalue weighted by Crippen LogP contribution is -2.36. The van der Waals surface area contributed by atoms with Gasteiger partial charge >= 0.3 is 15.6 Å². The molecule has 23 nitrogen and oxygen atoms in total. The van der Waals surface area contributed by atoms with Crippen molar-refractivity contribution in [1.29, 1.82) is 0 Å². The van der Waals surface area contributed by atoms with Crippen LogP contribution < -0.4 is 17.0 Å². The highest BCUT2D eigenvalue weighted by Gasteiger charge is 2.52. The van der Waals surface area contributed by atoms with Gasteiger partial charge in [-0.1, -0.05) is 0 Å². The van der Waals surface area contributed by atoms with Gasteiger partial charge in [0.05, 0.1) is 25.9 Å². The maximum absolute atomic E-state index is 15.9. The van der Waals surface area contributed by atoms with Crippen molar-refractivity contribution in [3.63, 3.8) is 0 Å². The van der Waals surface area contributed by atoms with Crippen LogP contribution in [0.4, 0.5) is 16.2 Å². The van der Waals surface area contributed by atoms with Crippen molar-refractivity contribution in [2.45, 2.75) is 49.1 Å². The average Bonchev–Trinajstić information content (AvgIpc) is 3.75. The zero-order chi connectivity index (χ0) is 33.8. The van der Waals surface area contributed by atoms with Crippen molar-refractivity contribution in [2.24, 2.45) is 0 Å². The number of ether oxygens (including phenoxy) is 3. The van der Waals surface area contributed by atoms with Crippen molar-refractivity contribution < 1.29 is 61.1 Å². The number of hydrogen-bond donors (Lipinski definition) is 7. The van der Waals surface area contributed by atoms with Crippen molar-refractivity contribution in [2.75, 3.05) is 31.8 Å². The molecule has 0 saturated carbocycles. The zero-order valence-electron chi connectivity index (χ0n) is 23.8. The predicted molar refractivity (Wildman–Crippen MR) is 150 cm³/mol. The predicted octanol–water partition coefficient (Wildman–Crippen LogP) is -1.76. The summed E-state index contributed by atoms with van der Waals surface area (Å²) in [5, 5.41) is 10.9. The number of rotatable bonds is 11. The first-order valence-corrected chi connectivity index (χ1v) is 16.4. The summed E-state index contributed by atoms with van der Waals surface area (Å²) in [4.78, 5) is 63.2. The van der Waals surface area contributed by atoms with Crippen LogP contribution in [-0.4, -0.2) is 116 Å². The van der Waals surface area contributed by atoms with Crippen LogP contribution in [0.3, 0.4) is 0 Å². The van der Waals surface area contributed by atoms with Gasteiger partial charge in [-0.15, -0.1) is 0 Å². The van der Waals surface area contributed by atoms with Crippen LogP contribution in [0.1, 0.15) is 12.5 Å². The van der Waals surface area contributed by atoms with E-state index in [1.165, 1.54) is 18.0 Å². The normalized spacial score (nSPS) is 29.6. The van der Waals surface area contributed by atoms with E-state index < -0.39 is 83.6 Å². The molecule has 2 fully saturated rings. The van der Waals surface area contributed by atoms with Gasteiger partial charge in [0.25, 0.3) is 5.56 Å². The quantitative estimate of drug-likeness (QED) is 0.0849. The second-order valence-electron chi connectivity index (χ2n) is 10.2. The molecule has 0 spiro atoms. The first kappa shape index (κ1) is 33.4. The molecule has 256 valence electrons. The number of nitrogens with zero attached hydrogens (tertiary/aromatic N) is 7. The number of H-pyrrole nitrogens is 1. The number of phosphoric acid groups is 2. The zero-order valence-corrected chi connectivity index (χ0v) is 25.6. The van der Waals surface area contributed by atoms with Crippen LogP contribution in [0.5, 0.6) is 0 Å². The maximum atomic E-state index is 15.9. The molecule has 9 atom stereocenters. The number of alkyl halides is 1. The van der Waals surface area contributed by atoms with Crippen molar-refractivity contribution in [3.8, 4) is 0 Å². The highest BCUT2D eigenvalue weighted by atomic mass is 31.2. The molecule has 0 aromatic carbocycles. The molecule has 0 aliphatic carbocycles. The second kappa shape index (κ2) is 12.5. The molecule has 0 radical (unpaired) electrons. The van der Waals surface area contributed by atoms with E-state index in [9.17, 15) is 33.7 Å². The van der Waals surface area contributed by atoms with Gasteiger partial charge in [-0.3, -0.25) is 32.5 Å². The Morgan fingerprint density at radius 3 is 2.32 bits per heavy atom. The van der Waals surface area contributed by atoms with Crippen molar-refractivity contribution in [3.05, 3.63) is 29.3 Å². The Labute approximate surface area is 260 Å². The number of aromatic nitrogens is 8. The number of imidazole rings is 2. The molecule has 6 heterocycles.